The molecule has 1 saturated heterocycles. The van der Waals surface area contributed by atoms with Crippen molar-refractivity contribution < 1.29 is 22.8 Å². The van der Waals surface area contributed by atoms with Gasteiger partial charge in [-0.25, -0.2) is 0 Å². The third-order valence-corrected chi connectivity index (χ3v) is 3.66. The lowest BCUT2D eigenvalue weighted by atomic mass is 10.0. The van der Waals surface area contributed by atoms with Crippen molar-refractivity contribution in [2.24, 2.45) is 0 Å². The van der Waals surface area contributed by atoms with Crippen LogP contribution in [0.2, 0.25) is 0 Å². The molecule has 1 heterocycles. The molecule has 0 radical (unpaired) electrons. The van der Waals surface area contributed by atoms with Crippen molar-refractivity contribution in [2.75, 3.05) is 0 Å². The molecule has 1 fully saturated rings. The Morgan fingerprint density at radius 2 is 2.09 bits per heavy atom. The second kappa shape index (κ2) is 6.57. The maximum Gasteiger partial charge on any atom is 0.416 e. The molecule has 0 spiro atoms. The fourth-order valence-corrected chi connectivity index (χ4v) is 2.43. The minimum Gasteiger partial charge on any atom is -0.351 e. The number of benzene rings is 1. The summed E-state index contributed by atoms with van der Waals surface area (Å²) < 4.78 is 37.8. The lowest BCUT2D eigenvalue weighted by Crippen LogP contribution is -2.59. The molecule has 8 heteroatoms. The first-order valence-corrected chi connectivity index (χ1v) is 7.16. The molecule has 0 aromatic heterocycles. The summed E-state index contributed by atoms with van der Waals surface area (Å²) in [6.45, 7) is 3.39. The molecule has 2 rings (SSSR count). The van der Waals surface area contributed by atoms with Crippen molar-refractivity contribution in [3.8, 4) is 0 Å². The average molecular weight is 329 g/mol. The highest BCUT2D eigenvalue weighted by Gasteiger charge is 2.31. The molecule has 2 unspecified atom stereocenters. The number of alkyl halides is 3. The van der Waals surface area contributed by atoms with Crippen LogP contribution >= 0.6 is 0 Å². The van der Waals surface area contributed by atoms with Crippen molar-refractivity contribution in [3.63, 3.8) is 0 Å². The summed E-state index contributed by atoms with van der Waals surface area (Å²) in [6, 6.07) is 2.74. The van der Waals surface area contributed by atoms with Gasteiger partial charge in [0.1, 0.15) is 0 Å². The van der Waals surface area contributed by atoms with E-state index in [1.54, 1.807) is 13.8 Å². The van der Waals surface area contributed by atoms with Gasteiger partial charge in [-0.2, -0.15) is 13.2 Å². The first kappa shape index (κ1) is 17.3. The number of hydrogen-bond donors (Lipinski definition) is 3. The molecule has 23 heavy (non-hydrogen) atoms. The summed E-state index contributed by atoms with van der Waals surface area (Å²) in [4.78, 5) is 23.5. The van der Waals surface area contributed by atoms with Gasteiger partial charge in [-0.05, 0) is 37.1 Å². The van der Waals surface area contributed by atoms with Gasteiger partial charge in [-0.3, -0.25) is 14.9 Å². The molecule has 0 bridgehead atoms. The summed E-state index contributed by atoms with van der Waals surface area (Å²) in [5, 5.41) is 8.21. The van der Waals surface area contributed by atoms with E-state index in [9.17, 15) is 22.8 Å². The second-order valence-corrected chi connectivity index (χ2v) is 5.57. The Morgan fingerprint density at radius 1 is 1.39 bits per heavy atom. The van der Waals surface area contributed by atoms with Crippen LogP contribution in [-0.4, -0.2) is 24.0 Å². The monoisotopic (exact) mass is 329 g/mol. The molecule has 5 nitrogen and oxygen atoms in total. The van der Waals surface area contributed by atoms with Crippen molar-refractivity contribution in [3.05, 3.63) is 34.9 Å². The largest absolute Gasteiger partial charge is 0.416 e. The van der Waals surface area contributed by atoms with Crippen LogP contribution in [-0.2, 0) is 22.3 Å². The third kappa shape index (κ3) is 4.44. The maximum absolute atomic E-state index is 12.6. The first-order valence-electron chi connectivity index (χ1n) is 7.16. The van der Waals surface area contributed by atoms with E-state index >= 15 is 0 Å². The molecular weight excluding hydrogens is 311 g/mol. The summed E-state index contributed by atoms with van der Waals surface area (Å²) in [7, 11) is 0. The normalized spacial score (nSPS) is 21.7. The smallest absolute Gasteiger partial charge is 0.351 e. The third-order valence-electron chi connectivity index (χ3n) is 3.66. The molecule has 1 aromatic rings. The number of nitrogens with one attached hydrogen (secondary N) is 3. The molecule has 1 aromatic carbocycles. The number of halogens is 3. The average Bonchev–Trinajstić information content (AvgIpc) is 2.43. The van der Waals surface area contributed by atoms with E-state index in [4.69, 9.17) is 0 Å². The van der Waals surface area contributed by atoms with Crippen LogP contribution < -0.4 is 16.0 Å². The topological polar surface area (TPSA) is 70.2 Å². The fourth-order valence-electron chi connectivity index (χ4n) is 2.43. The van der Waals surface area contributed by atoms with E-state index in [1.165, 1.54) is 6.07 Å². The summed E-state index contributed by atoms with van der Waals surface area (Å²) >= 11 is 0. The summed E-state index contributed by atoms with van der Waals surface area (Å²) in [5.41, 5.74) is 0.326. The number of amides is 2. The zero-order valence-corrected chi connectivity index (χ0v) is 12.8. The van der Waals surface area contributed by atoms with Gasteiger partial charge in [0.15, 0.2) is 0 Å². The molecule has 126 valence electrons. The Hall–Kier alpha value is -2.09. The van der Waals surface area contributed by atoms with E-state index in [2.05, 4.69) is 16.0 Å². The van der Waals surface area contributed by atoms with Crippen LogP contribution in [0.5, 0.6) is 0 Å². The molecule has 1 aliphatic heterocycles. The van der Waals surface area contributed by atoms with Gasteiger partial charge in [0.25, 0.3) is 0 Å². The maximum atomic E-state index is 12.6. The van der Waals surface area contributed by atoms with E-state index in [-0.39, 0.29) is 30.9 Å². The minimum absolute atomic E-state index is 0.0299. The van der Waals surface area contributed by atoms with Crippen LogP contribution in [0.25, 0.3) is 0 Å². The van der Waals surface area contributed by atoms with Gasteiger partial charge < -0.3 is 10.6 Å². The van der Waals surface area contributed by atoms with Gasteiger partial charge in [-0.15, -0.1) is 0 Å². The molecule has 3 N–H and O–H groups in total. The highest BCUT2D eigenvalue weighted by atomic mass is 19.4. The predicted molar refractivity (Wildman–Crippen MR) is 77.2 cm³/mol. The van der Waals surface area contributed by atoms with E-state index in [0.717, 1.165) is 12.1 Å². The lowest BCUT2D eigenvalue weighted by Gasteiger charge is -2.28. The summed E-state index contributed by atoms with van der Waals surface area (Å²) in [5.74, 6) is -0.576. The molecule has 0 aliphatic carbocycles. The van der Waals surface area contributed by atoms with Gasteiger partial charge in [0.2, 0.25) is 11.8 Å². The van der Waals surface area contributed by atoms with Crippen LogP contribution in [0, 0.1) is 6.92 Å². The van der Waals surface area contributed by atoms with Crippen LogP contribution in [0.1, 0.15) is 30.0 Å². The molecule has 2 atom stereocenters. The van der Waals surface area contributed by atoms with Gasteiger partial charge >= 0.3 is 6.18 Å². The van der Waals surface area contributed by atoms with Crippen molar-refractivity contribution in [1.82, 2.24) is 16.0 Å². The number of aryl methyl sites for hydroxylation is 1. The SMILES string of the molecule is Cc1cc(C(F)(F)F)ccc1CNC(=O)C1CC(=O)NC(C)N1. The zero-order chi connectivity index (χ0) is 17.2. The van der Waals surface area contributed by atoms with Crippen molar-refractivity contribution in [2.45, 2.75) is 45.2 Å². The number of hydrogen-bond acceptors (Lipinski definition) is 3. The number of carbonyl (C=O) groups is 2. The minimum atomic E-state index is -4.39. The molecule has 1 aliphatic rings. The van der Waals surface area contributed by atoms with Gasteiger partial charge in [0, 0.05) is 6.54 Å². The summed E-state index contributed by atoms with van der Waals surface area (Å²) in [6.07, 6.45) is -4.66. The van der Waals surface area contributed by atoms with E-state index in [0.29, 0.717) is 11.1 Å². The first-order chi connectivity index (χ1) is 10.7. The molecular formula is C15H18F3N3O2. The Labute approximate surface area is 131 Å². The van der Waals surface area contributed by atoms with E-state index < -0.39 is 17.8 Å². The number of rotatable bonds is 3. The lowest BCUT2D eigenvalue weighted by molar-refractivity contribution is -0.137. The molecule has 2 amide bonds. The van der Waals surface area contributed by atoms with Gasteiger partial charge in [0.05, 0.1) is 24.2 Å². The standard InChI is InChI=1S/C15H18F3N3O2/c1-8-5-11(15(16,17)18)4-3-10(8)7-19-14(23)12-6-13(22)21-9(2)20-12/h3-5,9,12,20H,6-7H2,1-2H3,(H,19,23)(H,21,22). The Kier molecular flexibility index (Phi) is 4.93. The van der Waals surface area contributed by atoms with Crippen LogP contribution in [0.15, 0.2) is 18.2 Å². The predicted octanol–water partition coefficient (Wildman–Crippen LogP) is 1.45. The van der Waals surface area contributed by atoms with Gasteiger partial charge in [-0.1, -0.05) is 6.07 Å². The van der Waals surface area contributed by atoms with Crippen LogP contribution in [0.3, 0.4) is 0 Å². The van der Waals surface area contributed by atoms with Crippen LogP contribution in [0.4, 0.5) is 13.2 Å². The van der Waals surface area contributed by atoms with E-state index in [1.807, 2.05) is 0 Å². The highest BCUT2D eigenvalue weighted by molar-refractivity contribution is 5.89. The number of carbonyl (C=O) groups excluding carboxylic acids is 2. The van der Waals surface area contributed by atoms with Crippen molar-refractivity contribution >= 4 is 11.8 Å². The zero-order valence-electron chi connectivity index (χ0n) is 12.8. The molecule has 0 saturated carbocycles. The fraction of sp³-hybridized carbons (Fsp3) is 0.467. The Balaban J connectivity index is 1.98. The Bertz CT molecular complexity index is 616. The highest BCUT2D eigenvalue weighted by Crippen LogP contribution is 2.30. The second-order valence-electron chi connectivity index (χ2n) is 5.57. The Morgan fingerprint density at radius 3 is 2.65 bits per heavy atom. The quantitative estimate of drug-likeness (QED) is 0.786. The van der Waals surface area contributed by atoms with Crippen molar-refractivity contribution in [1.29, 1.82) is 0 Å².